The number of aryl methyl sites for hydroxylation is 1. The summed E-state index contributed by atoms with van der Waals surface area (Å²) in [7, 11) is 0. The average Bonchev–Trinajstić information content (AvgIpc) is 2.72. The number of hydrogen-bond acceptors (Lipinski definition) is 5. The molecule has 2 heterocycles. The molecule has 1 atom stereocenters. The van der Waals surface area contributed by atoms with E-state index in [1.807, 2.05) is 0 Å². The first-order chi connectivity index (χ1) is 9.08. The zero-order chi connectivity index (χ0) is 13.8. The van der Waals surface area contributed by atoms with Crippen molar-refractivity contribution in [3.8, 4) is 0 Å². The van der Waals surface area contributed by atoms with Gasteiger partial charge >= 0.3 is 5.82 Å². The first kappa shape index (κ1) is 14.0. The molecule has 2 rings (SSSR count). The van der Waals surface area contributed by atoms with Gasteiger partial charge in [-0.05, 0) is 30.9 Å². The van der Waals surface area contributed by atoms with Crippen molar-refractivity contribution in [3.63, 3.8) is 0 Å². The third-order valence-electron chi connectivity index (χ3n) is 3.53. The van der Waals surface area contributed by atoms with E-state index in [0.717, 1.165) is 25.9 Å². The van der Waals surface area contributed by atoms with Crippen molar-refractivity contribution in [1.82, 2.24) is 14.5 Å². The Hall–Kier alpha value is -1.47. The summed E-state index contributed by atoms with van der Waals surface area (Å²) in [6, 6.07) is 0. The molecule has 0 aliphatic carbocycles. The molecule has 0 amide bonds. The molecule has 0 saturated carbocycles. The lowest BCUT2D eigenvalue weighted by molar-refractivity contribution is -0.392. The first-order valence-corrected chi connectivity index (χ1v) is 6.65. The van der Waals surface area contributed by atoms with Crippen molar-refractivity contribution in [2.45, 2.75) is 38.8 Å². The Morgan fingerprint density at radius 2 is 2.11 bits per heavy atom. The molecule has 1 saturated heterocycles. The molecule has 0 aromatic carbocycles. The topological polar surface area (TPSA) is 84.4 Å². The minimum absolute atomic E-state index is 0.0600. The van der Waals surface area contributed by atoms with E-state index < -0.39 is 11.0 Å². The molecule has 106 valence electrons. The van der Waals surface area contributed by atoms with E-state index in [0.29, 0.717) is 12.4 Å². The summed E-state index contributed by atoms with van der Waals surface area (Å²) in [4.78, 5) is 16.5. The van der Waals surface area contributed by atoms with E-state index in [1.54, 1.807) is 6.92 Å². The molecule has 0 spiro atoms. The third kappa shape index (κ3) is 3.51. The fourth-order valence-corrected chi connectivity index (χ4v) is 2.54. The maximum Gasteiger partial charge on any atom is 0.342 e. The molecule has 7 heteroatoms. The second kappa shape index (κ2) is 6.12. The zero-order valence-corrected chi connectivity index (χ0v) is 11.2. The van der Waals surface area contributed by atoms with Crippen LogP contribution in [0.5, 0.6) is 0 Å². The van der Waals surface area contributed by atoms with Crippen molar-refractivity contribution >= 4 is 5.82 Å². The lowest BCUT2D eigenvalue weighted by Crippen LogP contribution is -2.38. The van der Waals surface area contributed by atoms with Gasteiger partial charge in [0.1, 0.15) is 18.8 Å². The van der Waals surface area contributed by atoms with Gasteiger partial charge in [-0.15, -0.1) is 0 Å². The number of β-amino-alcohol motifs (C(OH)–C–C–N with tert-alkyl or cyclic N) is 1. The van der Waals surface area contributed by atoms with Crippen LogP contribution in [0.2, 0.25) is 0 Å². The predicted molar refractivity (Wildman–Crippen MR) is 69.9 cm³/mol. The average molecular weight is 268 g/mol. The SMILES string of the molecule is Cc1ncc([N+](=O)[O-])n1CC(O)CN1CCCCC1. The second-order valence-electron chi connectivity index (χ2n) is 5.05. The Kier molecular flexibility index (Phi) is 4.49. The predicted octanol–water partition coefficient (Wildman–Crippen LogP) is 0.947. The van der Waals surface area contributed by atoms with Gasteiger partial charge in [0, 0.05) is 13.5 Å². The maximum atomic E-state index is 10.9. The Labute approximate surface area is 112 Å². The van der Waals surface area contributed by atoms with Crippen LogP contribution in [0.15, 0.2) is 6.20 Å². The molecule has 1 unspecified atom stereocenters. The van der Waals surface area contributed by atoms with Gasteiger partial charge < -0.3 is 20.1 Å². The molecule has 1 aromatic rings. The van der Waals surface area contributed by atoms with Crippen molar-refractivity contribution in [2.75, 3.05) is 19.6 Å². The summed E-state index contributed by atoms with van der Waals surface area (Å²) in [6.07, 6.45) is 4.21. The van der Waals surface area contributed by atoms with E-state index in [2.05, 4.69) is 9.88 Å². The summed E-state index contributed by atoms with van der Waals surface area (Å²) < 4.78 is 1.47. The van der Waals surface area contributed by atoms with Crippen LogP contribution in [0.4, 0.5) is 5.82 Å². The van der Waals surface area contributed by atoms with Gasteiger partial charge in [-0.25, -0.2) is 9.55 Å². The molecule has 0 radical (unpaired) electrons. The lowest BCUT2D eigenvalue weighted by Gasteiger charge is -2.28. The van der Waals surface area contributed by atoms with Crippen LogP contribution < -0.4 is 0 Å². The van der Waals surface area contributed by atoms with Crippen LogP contribution in [0.3, 0.4) is 0 Å². The summed E-state index contributed by atoms with van der Waals surface area (Å²) in [5, 5.41) is 21.0. The van der Waals surface area contributed by atoms with Crippen LogP contribution in [0.1, 0.15) is 25.1 Å². The number of nitro groups is 1. The van der Waals surface area contributed by atoms with Gasteiger partial charge in [0.25, 0.3) is 0 Å². The van der Waals surface area contributed by atoms with Gasteiger partial charge in [0.2, 0.25) is 0 Å². The highest BCUT2D eigenvalue weighted by atomic mass is 16.6. The molecule has 1 fully saturated rings. The summed E-state index contributed by atoms with van der Waals surface area (Å²) in [5.41, 5.74) is 0. The number of rotatable bonds is 5. The molecule has 1 aromatic heterocycles. The van der Waals surface area contributed by atoms with E-state index in [4.69, 9.17) is 0 Å². The minimum atomic E-state index is -0.607. The minimum Gasteiger partial charge on any atom is -0.388 e. The third-order valence-corrected chi connectivity index (χ3v) is 3.53. The quantitative estimate of drug-likeness (QED) is 0.634. The summed E-state index contributed by atoms with van der Waals surface area (Å²) >= 11 is 0. The maximum absolute atomic E-state index is 10.9. The van der Waals surface area contributed by atoms with E-state index in [9.17, 15) is 15.2 Å². The van der Waals surface area contributed by atoms with Gasteiger partial charge in [-0.3, -0.25) is 0 Å². The van der Waals surface area contributed by atoms with Crippen molar-refractivity contribution < 1.29 is 10.0 Å². The molecule has 0 bridgehead atoms. The summed E-state index contributed by atoms with van der Waals surface area (Å²) in [5.74, 6) is 0.500. The standard InChI is InChI=1S/C12H20N4O3/c1-10-13-7-12(16(18)19)15(10)9-11(17)8-14-5-3-2-4-6-14/h7,11,17H,2-6,8-9H2,1H3. The summed E-state index contributed by atoms with van der Waals surface area (Å²) in [6.45, 7) is 4.50. The van der Waals surface area contributed by atoms with Crippen molar-refractivity contribution in [1.29, 1.82) is 0 Å². The number of imidazole rings is 1. The lowest BCUT2D eigenvalue weighted by atomic mass is 10.1. The molecule has 1 aliphatic rings. The number of hydrogen-bond donors (Lipinski definition) is 1. The highest BCUT2D eigenvalue weighted by Crippen LogP contribution is 2.15. The van der Waals surface area contributed by atoms with Gasteiger partial charge in [0.15, 0.2) is 5.82 Å². The van der Waals surface area contributed by atoms with Crippen LogP contribution >= 0.6 is 0 Å². The monoisotopic (exact) mass is 268 g/mol. The molecule has 1 aliphatic heterocycles. The van der Waals surface area contributed by atoms with E-state index >= 15 is 0 Å². The van der Waals surface area contributed by atoms with Crippen LogP contribution in [0, 0.1) is 17.0 Å². The van der Waals surface area contributed by atoms with Crippen molar-refractivity contribution in [3.05, 3.63) is 22.1 Å². The Morgan fingerprint density at radius 1 is 1.42 bits per heavy atom. The fraction of sp³-hybridized carbons (Fsp3) is 0.750. The van der Waals surface area contributed by atoms with Crippen LogP contribution in [0.25, 0.3) is 0 Å². The first-order valence-electron chi connectivity index (χ1n) is 6.65. The number of piperidine rings is 1. The number of aliphatic hydroxyl groups excluding tert-OH is 1. The molecular formula is C12H20N4O3. The van der Waals surface area contributed by atoms with Gasteiger partial charge in [-0.2, -0.15) is 0 Å². The Bertz CT molecular complexity index is 440. The molecular weight excluding hydrogens is 248 g/mol. The normalized spacial score (nSPS) is 18.4. The second-order valence-corrected chi connectivity index (χ2v) is 5.05. The zero-order valence-electron chi connectivity index (χ0n) is 11.2. The van der Waals surface area contributed by atoms with E-state index in [1.165, 1.54) is 17.2 Å². The van der Waals surface area contributed by atoms with Gasteiger partial charge in [0.05, 0.1) is 0 Å². The Morgan fingerprint density at radius 3 is 2.74 bits per heavy atom. The van der Waals surface area contributed by atoms with E-state index in [-0.39, 0.29) is 12.4 Å². The van der Waals surface area contributed by atoms with Gasteiger partial charge in [-0.1, -0.05) is 6.42 Å². The molecule has 7 nitrogen and oxygen atoms in total. The van der Waals surface area contributed by atoms with Crippen molar-refractivity contribution in [2.24, 2.45) is 0 Å². The number of nitrogens with zero attached hydrogens (tertiary/aromatic N) is 4. The fourth-order valence-electron chi connectivity index (χ4n) is 2.54. The molecule has 1 N–H and O–H groups in total. The number of aromatic nitrogens is 2. The highest BCUT2D eigenvalue weighted by molar-refractivity contribution is 5.18. The largest absolute Gasteiger partial charge is 0.388 e. The number of aliphatic hydroxyl groups is 1. The smallest absolute Gasteiger partial charge is 0.342 e. The number of likely N-dealkylation sites (tertiary alicyclic amines) is 1. The highest BCUT2D eigenvalue weighted by Gasteiger charge is 2.22. The Balaban J connectivity index is 1.96. The molecule has 19 heavy (non-hydrogen) atoms. The van der Waals surface area contributed by atoms with Crippen LogP contribution in [-0.2, 0) is 6.54 Å². The van der Waals surface area contributed by atoms with Crippen LogP contribution in [-0.4, -0.2) is 50.2 Å².